The van der Waals surface area contributed by atoms with E-state index in [1.807, 2.05) is 6.92 Å². The van der Waals surface area contributed by atoms with E-state index in [-0.39, 0.29) is 23.6 Å². The predicted molar refractivity (Wildman–Crippen MR) is 70.0 cm³/mol. The SMILES string of the molecule is CCOC1CC(Nc2c(F)c(F)cc(F)c2F)C12CCC2. The van der Waals surface area contributed by atoms with Crippen molar-refractivity contribution in [3.63, 3.8) is 0 Å². The van der Waals surface area contributed by atoms with Gasteiger partial charge in [0.2, 0.25) is 0 Å². The summed E-state index contributed by atoms with van der Waals surface area (Å²) < 4.78 is 59.5. The molecule has 2 saturated carbocycles. The van der Waals surface area contributed by atoms with Gasteiger partial charge in [-0.15, -0.1) is 0 Å². The maximum absolute atomic E-state index is 13.7. The summed E-state index contributed by atoms with van der Waals surface area (Å²) in [6.07, 6.45) is 3.47. The standard InChI is InChI=1S/C15H17F4NO/c1-2-21-11-7-10(15(11)4-3-5-15)20-14-12(18)8(16)6-9(17)13(14)19/h6,10-11,20H,2-5,7H2,1H3. The molecule has 1 aromatic carbocycles. The molecule has 6 heteroatoms. The van der Waals surface area contributed by atoms with Gasteiger partial charge in [-0.05, 0) is 26.2 Å². The molecule has 2 aliphatic carbocycles. The first-order valence-corrected chi connectivity index (χ1v) is 7.20. The highest BCUT2D eigenvalue weighted by atomic mass is 19.2. The van der Waals surface area contributed by atoms with Crippen molar-refractivity contribution in [2.75, 3.05) is 11.9 Å². The van der Waals surface area contributed by atoms with Gasteiger partial charge in [0, 0.05) is 24.1 Å². The Hall–Kier alpha value is -1.30. The summed E-state index contributed by atoms with van der Waals surface area (Å²) in [5.41, 5.74) is -0.865. The summed E-state index contributed by atoms with van der Waals surface area (Å²) in [6.45, 7) is 2.48. The first-order chi connectivity index (χ1) is 9.99. The van der Waals surface area contributed by atoms with Crippen LogP contribution in [0, 0.1) is 28.7 Å². The second kappa shape index (κ2) is 5.16. The van der Waals surface area contributed by atoms with E-state index in [0.29, 0.717) is 13.0 Å². The summed E-state index contributed by atoms with van der Waals surface area (Å²) in [7, 11) is 0. The van der Waals surface area contributed by atoms with Gasteiger partial charge in [0.25, 0.3) is 0 Å². The second-order valence-corrected chi connectivity index (χ2v) is 5.81. The highest BCUT2D eigenvalue weighted by Crippen LogP contribution is 2.58. The Bertz CT molecular complexity index is 533. The zero-order valence-electron chi connectivity index (χ0n) is 11.7. The molecule has 1 N–H and O–H groups in total. The molecule has 0 heterocycles. The van der Waals surface area contributed by atoms with Crippen LogP contribution in [0.4, 0.5) is 23.2 Å². The van der Waals surface area contributed by atoms with Crippen LogP contribution in [0.5, 0.6) is 0 Å². The number of benzene rings is 1. The Kier molecular flexibility index (Phi) is 3.59. The molecule has 0 aliphatic heterocycles. The lowest BCUT2D eigenvalue weighted by Crippen LogP contribution is -2.64. The molecule has 1 spiro atoms. The van der Waals surface area contributed by atoms with Gasteiger partial charge in [0.15, 0.2) is 23.3 Å². The Balaban J connectivity index is 1.82. The highest BCUT2D eigenvalue weighted by Gasteiger charge is 2.59. The number of hydrogen-bond donors (Lipinski definition) is 1. The molecule has 0 aromatic heterocycles. The molecular weight excluding hydrogens is 286 g/mol. The minimum Gasteiger partial charge on any atom is -0.378 e. The Morgan fingerprint density at radius 2 is 1.81 bits per heavy atom. The fraction of sp³-hybridized carbons (Fsp3) is 0.600. The van der Waals surface area contributed by atoms with Crippen molar-refractivity contribution in [2.45, 2.75) is 44.8 Å². The quantitative estimate of drug-likeness (QED) is 0.670. The number of rotatable bonds is 4. The third kappa shape index (κ3) is 2.11. The van der Waals surface area contributed by atoms with Crippen LogP contribution in [-0.4, -0.2) is 18.8 Å². The van der Waals surface area contributed by atoms with Crippen molar-refractivity contribution < 1.29 is 22.3 Å². The Morgan fingerprint density at radius 3 is 2.29 bits per heavy atom. The number of hydrogen-bond acceptors (Lipinski definition) is 2. The molecule has 2 fully saturated rings. The molecule has 2 unspecified atom stereocenters. The maximum atomic E-state index is 13.7. The van der Waals surface area contributed by atoms with Gasteiger partial charge in [-0.25, -0.2) is 17.6 Å². The van der Waals surface area contributed by atoms with Crippen LogP contribution < -0.4 is 5.32 Å². The topological polar surface area (TPSA) is 21.3 Å². The van der Waals surface area contributed by atoms with E-state index >= 15 is 0 Å². The van der Waals surface area contributed by atoms with Crippen LogP contribution in [0.15, 0.2) is 6.07 Å². The van der Waals surface area contributed by atoms with Crippen molar-refractivity contribution in [2.24, 2.45) is 5.41 Å². The van der Waals surface area contributed by atoms with Crippen LogP contribution in [0.3, 0.4) is 0 Å². The number of nitrogens with one attached hydrogen (secondary N) is 1. The molecule has 0 amide bonds. The molecule has 1 aromatic rings. The van der Waals surface area contributed by atoms with Crippen molar-refractivity contribution in [1.29, 1.82) is 0 Å². The number of ether oxygens (including phenoxy) is 1. The summed E-state index contributed by atoms with van der Waals surface area (Å²) in [5.74, 6) is -5.52. The van der Waals surface area contributed by atoms with E-state index in [2.05, 4.69) is 5.32 Å². The molecule has 21 heavy (non-hydrogen) atoms. The lowest BCUT2D eigenvalue weighted by Gasteiger charge is -2.61. The van der Waals surface area contributed by atoms with Crippen molar-refractivity contribution >= 4 is 5.69 Å². The summed E-state index contributed by atoms with van der Waals surface area (Å²) in [5, 5.41) is 2.67. The smallest absolute Gasteiger partial charge is 0.185 e. The first-order valence-electron chi connectivity index (χ1n) is 7.20. The lowest BCUT2D eigenvalue weighted by atomic mass is 9.51. The minimum absolute atomic E-state index is 0.0540. The van der Waals surface area contributed by atoms with E-state index in [1.54, 1.807) is 0 Å². The molecule has 0 bridgehead atoms. The zero-order chi connectivity index (χ0) is 15.2. The van der Waals surface area contributed by atoms with E-state index in [4.69, 9.17) is 4.74 Å². The van der Waals surface area contributed by atoms with Gasteiger partial charge in [-0.1, -0.05) is 6.42 Å². The molecule has 2 atom stereocenters. The minimum atomic E-state index is -1.39. The van der Waals surface area contributed by atoms with Crippen molar-refractivity contribution in [1.82, 2.24) is 0 Å². The number of halogens is 4. The van der Waals surface area contributed by atoms with Gasteiger partial charge in [-0.3, -0.25) is 0 Å². The molecule has 0 radical (unpaired) electrons. The third-order valence-corrected chi connectivity index (χ3v) is 4.87. The fourth-order valence-corrected chi connectivity index (χ4v) is 3.51. The van der Waals surface area contributed by atoms with Gasteiger partial charge < -0.3 is 10.1 Å². The summed E-state index contributed by atoms with van der Waals surface area (Å²) in [6, 6.07) is 0.00615. The first kappa shape index (κ1) is 14.6. The monoisotopic (exact) mass is 303 g/mol. The highest BCUT2D eigenvalue weighted by molar-refractivity contribution is 5.49. The van der Waals surface area contributed by atoms with Gasteiger partial charge in [-0.2, -0.15) is 0 Å². The van der Waals surface area contributed by atoms with E-state index < -0.39 is 29.0 Å². The normalized spacial score (nSPS) is 26.3. The van der Waals surface area contributed by atoms with E-state index in [9.17, 15) is 17.6 Å². The summed E-state index contributed by atoms with van der Waals surface area (Å²) in [4.78, 5) is 0. The van der Waals surface area contributed by atoms with Crippen LogP contribution >= 0.6 is 0 Å². The van der Waals surface area contributed by atoms with E-state index in [0.717, 1.165) is 19.3 Å². The summed E-state index contributed by atoms with van der Waals surface area (Å²) >= 11 is 0. The Morgan fingerprint density at radius 1 is 1.19 bits per heavy atom. The molecule has 2 aliphatic rings. The lowest BCUT2D eigenvalue weighted by molar-refractivity contribution is -0.157. The molecule has 3 rings (SSSR count). The van der Waals surface area contributed by atoms with Crippen molar-refractivity contribution in [3.05, 3.63) is 29.3 Å². The largest absolute Gasteiger partial charge is 0.378 e. The second-order valence-electron chi connectivity index (χ2n) is 5.81. The molecule has 116 valence electrons. The van der Waals surface area contributed by atoms with Gasteiger partial charge in [0.1, 0.15) is 5.69 Å². The molecule has 2 nitrogen and oxygen atoms in total. The fourth-order valence-electron chi connectivity index (χ4n) is 3.51. The van der Waals surface area contributed by atoms with E-state index in [1.165, 1.54) is 0 Å². The van der Waals surface area contributed by atoms with Crippen LogP contribution in [0.1, 0.15) is 32.6 Å². The van der Waals surface area contributed by atoms with Crippen LogP contribution in [0.2, 0.25) is 0 Å². The molecule has 0 saturated heterocycles. The Labute approximate surface area is 120 Å². The van der Waals surface area contributed by atoms with Crippen molar-refractivity contribution in [3.8, 4) is 0 Å². The third-order valence-electron chi connectivity index (χ3n) is 4.87. The predicted octanol–water partition coefficient (Wildman–Crippen LogP) is 4.00. The average Bonchev–Trinajstić information content (AvgIpc) is 2.37. The van der Waals surface area contributed by atoms with Crippen LogP contribution in [0.25, 0.3) is 0 Å². The number of anilines is 1. The van der Waals surface area contributed by atoms with Gasteiger partial charge >= 0.3 is 0 Å². The maximum Gasteiger partial charge on any atom is 0.185 e. The zero-order valence-corrected chi connectivity index (χ0v) is 11.7. The molecular formula is C15H17F4NO. The van der Waals surface area contributed by atoms with Crippen LogP contribution in [-0.2, 0) is 4.74 Å². The van der Waals surface area contributed by atoms with Gasteiger partial charge in [0.05, 0.1) is 6.10 Å². The average molecular weight is 303 g/mol.